The Balaban J connectivity index is 1.58. The number of fused-ring (bicyclic) bond motifs is 2. The fraction of sp³-hybridized carbons (Fsp3) is 0.286. The van der Waals surface area contributed by atoms with Crippen LogP contribution in [0.3, 0.4) is 0 Å². The topological polar surface area (TPSA) is 75.7 Å². The molecule has 0 aliphatic carbocycles. The lowest BCUT2D eigenvalue weighted by Crippen LogP contribution is -2.49. The first-order valence-corrected chi connectivity index (χ1v) is 9.94. The van der Waals surface area contributed by atoms with Gasteiger partial charge >= 0.3 is 5.63 Å². The smallest absolute Gasteiger partial charge is 0.345 e. The van der Waals surface area contributed by atoms with E-state index >= 15 is 0 Å². The summed E-state index contributed by atoms with van der Waals surface area (Å²) in [7, 11) is 0. The van der Waals surface area contributed by atoms with Crippen molar-refractivity contribution in [3.8, 4) is 11.3 Å². The highest BCUT2D eigenvalue weighted by atomic mass is 35.5. The van der Waals surface area contributed by atoms with E-state index in [1.54, 1.807) is 16.8 Å². The van der Waals surface area contributed by atoms with Gasteiger partial charge in [-0.1, -0.05) is 11.6 Å². The summed E-state index contributed by atoms with van der Waals surface area (Å²) < 4.78 is 7.44. The van der Waals surface area contributed by atoms with E-state index in [-0.39, 0.29) is 0 Å². The zero-order valence-electron chi connectivity index (χ0n) is 16.1. The van der Waals surface area contributed by atoms with Crippen molar-refractivity contribution in [3.05, 3.63) is 57.9 Å². The third-order valence-corrected chi connectivity index (χ3v) is 5.49. The number of piperazine rings is 1. The van der Waals surface area contributed by atoms with Gasteiger partial charge in [-0.15, -0.1) is 0 Å². The van der Waals surface area contributed by atoms with E-state index < -0.39 is 5.63 Å². The Bertz CT molecular complexity index is 1300. The monoisotopic (exact) mass is 409 g/mol. The van der Waals surface area contributed by atoms with Gasteiger partial charge in [0, 0.05) is 55.2 Å². The van der Waals surface area contributed by atoms with Gasteiger partial charge in [-0.2, -0.15) is 0 Å². The van der Waals surface area contributed by atoms with Gasteiger partial charge in [0.05, 0.1) is 17.0 Å². The molecule has 0 saturated carbocycles. The highest BCUT2D eigenvalue weighted by Gasteiger charge is 2.18. The second-order valence-electron chi connectivity index (χ2n) is 7.48. The van der Waals surface area contributed by atoms with Crippen LogP contribution in [0.25, 0.3) is 27.9 Å². The van der Waals surface area contributed by atoms with Crippen LogP contribution in [0.5, 0.6) is 0 Å². The van der Waals surface area contributed by atoms with E-state index in [2.05, 4.69) is 33.2 Å². The van der Waals surface area contributed by atoms with Crippen molar-refractivity contribution in [2.75, 3.05) is 24.5 Å². The number of anilines is 1. The molecule has 1 fully saturated rings. The molecule has 1 N–H and O–H groups in total. The number of nitrogens with one attached hydrogen (secondary N) is 1. The van der Waals surface area contributed by atoms with E-state index in [4.69, 9.17) is 16.0 Å². The lowest BCUT2D eigenvalue weighted by Gasteiger charge is -2.33. The van der Waals surface area contributed by atoms with Crippen LogP contribution in [0.2, 0.25) is 5.15 Å². The Hall–Kier alpha value is -2.90. The molecular weight excluding hydrogens is 390 g/mol. The average molecular weight is 410 g/mol. The minimum Gasteiger partial charge on any atom is -0.422 e. The molecule has 0 bridgehead atoms. The van der Waals surface area contributed by atoms with Crippen LogP contribution in [0.1, 0.15) is 12.6 Å². The number of halogens is 1. The first-order chi connectivity index (χ1) is 14.0. The maximum absolute atomic E-state index is 12.7. The highest BCUT2D eigenvalue weighted by Crippen LogP contribution is 2.26. The molecule has 0 spiro atoms. The van der Waals surface area contributed by atoms with Crippen LogP contribution < -0.4 is 15.8 Å². The van der Waals surface area contributed by atoms with E-state index in [0.29, 0.717) is 39.4 Å². The zero-order chi connectivity index (χ0) is 20.1. The summed E-state index contributed by atoms with van der Waals surface area (Å²) in [6, 6.07) is 8.26. The van der Waals surface area contributed by atoms with Crippen molar-refractivity contribution < 1.29 is 4.42 Å². The molecule has 8 heteroatoms. The molecule has 1 saturated heterocycles. The Morgan fingerprint density at radius 2 is 2.10 bits per heavy atom. The van der Waals surface area contributed by atoms with Gasteiger partial charge < -0.3 is 19.0 Å². The van der Waals surface area contributed by atoms with E-state index in [1.165, 1.54) is 0 Å². The average Bonchev–Trinajstić information content (AvgIpc) is 3.11. The third kappa shape index (κ3) is 3.26. The maximum Gasteiger partial charge on any atom is 0.345 e. The molecule has 1 aromatic carbocycles. The second-order valence-corrected chi connectivity index (χ2v) is 7.86. The van der Waals surface area contributed by atoms with Crippen molar-refractivity contribution in [3.63, 3.8) is 0 Å². The van der Waals surface area contributed by atoms with Gasteiger partial charge in [0.25, 0.3) is 0 Å². The number of aryl methyl sites for hydroxylation is 1. The lowest BCUT2D eigenvalue weighted by atomic mass is 10.1. The SMILES string of the molecule is Cc1nc(Cl)cn2cc(-c3cc4ccc(N5CCN[C@H](C)C5)cc4oc3=O)nc12. The molecule has 5 rings (SSSR count). The fourth-order valence-electron chi connectivity index (χ4n) is 3.89. The van der Waals surface area contributed by atoms with Crippen LogP contribution in [-0.2, 0) is 0 Å². The Morgan fingerprint density at radius 3 is 2.93 bits per heavy atom. The molecule has 1 aliphatic heterocycles. The molecule has 4 aromatic rings. The predicted molar refractivity (Wildman–Crippen MR) is 114 cm³/mol. The van der Waals surface area contributed by atoms with Crippen molar-refractivity contribution in [2.24, 2.45) is 0 Å². The summed E-state index contributed by atoms with van der Waals surface area (Å²) >= 11 is 6.03. The minimum atomic E-state index is -0.413. The molecule has 0 radical (unpaired) electrons. The number of hydrogen-bond acceptors (Lipinski definition) is 6. The van der Waals surface area contributed by atoms with Crippen LogP contribution in [0, 0.1) is 6.92 Å². The van der Waals surface area contributed by atoms with Gasteiger partial charge in [0.2, 0.25) is 0 Å². The van der Waals surface area contributed by atoms with Gasteiger partial charge in [-0.3, -0.25) is 0 Å². The second kappa shape index (κ2) is 6.86. The molecule has 1 aliphatic rings. The molecular formula is C21H20ClN5O2. The largest absolute Gasteiger partial charge is 0.422 e. The number of hydrogen-bond donors (Lipinski definition) is 1. The van der Waals surface area contributed by atoms with E-state index in [1.807, 2.05) is 25.1 Å². The third-order valence-electron chi connectivity index (χ3n) is 5.31. The fourth-order valence-corrected chi connectivity index (χ4v) is 4.12. The first kappa shape index (κ1) is 18.1. The summed E-state index contributed by atoms with van der Waals surface area (Å²) in [6.07, 6.45) is 3.44. The van der Waals surface area contributed by atoms with Crippen LogP contribution >= 0.6 is 11.6 Å². The van der Waals surface area contributed by atoms with Gasteiger partial charge in [0.15, 0.2) is 5.65 Å². The van der Waals surface area contributed by atoms with E-state index in [9.17, 15) is 4.79 Å². The molecule has 1 atom stereocenters. The molecule has 3 aromatic heterocycles. The number of rotatable bonds is 2. The van der Waals surface area contributed by atoms with Crippen molar-refractivity contribution >= 4 is 33.9 Å². The molecule has 4 heterocycles. The summed E-state index contributed by atoms with van der Waals surface area (Å²) in [5.74, 6) is 0. The van der Waals surface area contributed by atoms with Gasteiger partial charge in [0.1, 0.15) is 10.7 Å². The number of imidazole rings is 1. The predicted octanol–water partition coefficient (Wildman–Crippen LogP) is 3.26. The normalized spacial score (nSPS) is 17.3. The van der Waals surface area contributed by atoms with E-state index in [0.717, 1.165) is 30.7 Å². The number of benzene rings is 1. The van der Waals surface area contributed by atoms with Crippen molar-refractivity contribution in [2.45, 2.75) is 19.9 Å². The zero-order valence-corrected chi connectivity index (χ0v) is 16.9. The van der Waals surface area contributed by atoms with Crippen LogP contribution in [0.4, 0.5) is 5.69 Å². The number of nitrogens with zero attached hydrogens (tertiary/aromatic N) is 4. The quantitative estimate of drug-likeness (QED) is 0.512. The molecule has 0 amide bonds. The van der Waals surface area contributed by atoms with Gasteiger partial charge in [-0.25, -0.2) is 14.8 Å². The van der Waals surface area contributed by atoms with Crippen LogP contribution in [0.15, 0.2) is 45.9 Å². The molecule has 0 unspecified atom stereocenters. The van der Waals surface area contributed by atoms with Crippen LogP contribution in [-0.4, -0.2) is 40.0 Å². The summed E-state index contributed by atoms with van der Waals surface area (Å²) in [5.41, 5.74) is 3.53. The Kier molecular flexibility index (Phi) is 4.29. The molecule has 7 nitrogen and oxygen atoms in total. The first-order valence-electron chi connectivity index (χ1n) is 9.56. The minimum absolute atomic E-state index is 0.374. The number of aromatic nitrogens is 3. The van der Waals surface area contributed by atoms with Crippen molar-refractivity contribution in [1.82, 2.24) is 19.7 Å². The molecule has 148 valence electrons. The Morgan fingerprint density at radius 1 is 1.24 bits per heavy atom. The summed E-state index contributed by atoms with van der Waals surface area (Å²) in [4.78, 5) is 23.8. The van der Waals surface area contributed by atoms with Gasteiger partial charge in [-0.05, 0) is 32.0 Å². The standard InChI is InChI=1S/C21H20ClN5O2/c1-12-9-26(6-5-23-12)15-4-3-14-7-16(21(28)29-18(14)8-15)17-10-27-11-19(22)24-13(2)20(27)25-17/h3-4,7-8,10-12,23H,5-6,9H2,1-2H3/t12-/m1/s1. The van der Waals surface area contributed by atoms with Crippen molar-refractivity contribution in [1.29, 1.82) is 0 Å². The maximum atomic E-state index is 12.7. The summed E-state index contributed by atoms with van der Waals surface area (Å²) in [5, 5.41) is 4.67. The molecule has 29 heavy (non-hydrogen) atoms. The Labute approximate surface area is 171 Å². The highest BCUT2D eigenvalue weighted by molar-refractivity contribution is 6.29. The summed E-state index contributed by atoms with van der Waals surface area (Å²) in [6.45, 7) is 6.78. The lowest BCUT2D eigenvalue weighted by molar-refractivity contribution is 0.484.